The predicted molar refractivity (Wildman–Crippen MR) is 74.2 cm³/mol. The van der Waals surface area contributed by atoms with Crippen molar-refractivity contribution >= 4 is 0 Å². The van der Waals surface area contributed by atoms with Gasteiger partial charge in [-0.15, -0.1) is 6.42 Å². The van der Waals surface area contributed by atoms with E-state index in [0.717, 1.165) is 4.57 Å². The van der Waals surface area contributed by atoms with Crippen LogP contribution in [-0.2, 0) is 4.74 Å². The molecule has 1 aliphatic rings. The van der Waals surface area contributed by atoms with E-state index in [1.807, 2.05) is 0 Å². The number of ether oxygens (including phenoxy) is 1. The highest BCUT2D eigenvalue weighted by Crippen LogP contribution is 2.35. The molecule has 0 bridgehead atoms. The first kappa shape index (κ1) is 15.3. The molecule has 2 unspecified atom stereocenters. The summed E-state index contributed by atoms with van der Waals surface area (Å²) in [7, 11) is 0. The highest BCUT2D eigenvalue weighted by molar-refractivity contribution is 5.20. The summed E-state index contributed by atoms with van der Waals surface area (Å²) >= 11 is 0. The summed E-state index contributed by atoms with van der Waals surface area (Å²) < 4.78 is 7.63. The molecule has 1 saturated heterocycles. The van der Waals surface area contributed by atoms with Crippen LogP contribution in [0, 0.1) is 12.3 Å². The zero-order valence-electron chi connectivity index (χ0n) is 11.7. The summed E-state index contributed by atoms with van der Waals surface area (Å²) in [6, 6.07) is 1.45. The lowest BCUT2D eigenvalue weighted by molar-refractivity contribution is -0.0936. The Morgan fingerprint density at radius 3 is 2.78 bits per heavy atom. The molecule has 0 amide bonds. The number of hydrogen-bond acceptors (Lipinski definition) is 8. The smallest absolute Gasteiger partial charge is 0.351 e. The highest BCUT2D eigenvalue weighted by Gasteiger charge is 2.54. The topological polar surface area (TPSA) is 136 Å². The predicted octanol–water partition coefficient (Wildman–Crippen LogP) is -2.56. The Balaban J connectivity index is 1.97. The first-order chi connectivity index (χ1) is 11.0. The van der Waals surface area contributed by atoms with Crippen molar-refractivity contribution in [2.75, 3.05) is 6.61 Å². The lowest BCUT2D eigenvalue weighted by Gasteiger charge is -2.23. The number of aliphatic hydroxyl groups is 3. The van der Waals surface area contributed by atoms with Crippen molar-refractivity contribution in [3.05, 3.63) is 35.4 Å². The fraction of sp³-hybridized carbons (Fsp3) is 0.385. The van der Waals surface area contributed by atoms with E-state index in [1.165, 1.54) is 29.6 Å². The van der Waals surface area contributed by atoms with Crippen LogP contribution < -0.4 is 5.69 Å². The highest BCUT2D eigenvalue weighted by atomic mass is 16.6. The Kier molecular flexibility index (Phi) is 3.70. The van der Waals surface area contributed by atoms with Gasteiger partial charge in [-0.1, -0.05) is 5.92 Å². The molecule has 0 saturated carbocycles. The molecule has 10 nitrogen and oxygen atoms in total. The molecule has 3 rings (SSSR count). The van der Waals surface area contributed by atoms with Crippen molar-refractivity contribution in [2.24, 2.45) is 0 Å². The SMILES string of the molecule is C#C[C@]1(CO)O[C@@H](n2ccc(-n3cncn3)nc2=O)C(O)C1O. The molecule has 1 aliphatic heterocycles. The molecule has 0 aromatic carbocycles. The van der Waals surface area contributed by atoms with Crippen LogP contribution in [0.2, 0.25) is 0 Å². The maximum atomic E-state index is 12.2. The Morgan fingerprint density at radius 2 is 2.26 bits per heavy atom. The molecule has 120 valence electrons. The maximum Gasteiger partial charge on any atom is 0.351 e. The van der Waals surface area contributed by atoms with E-state index >= 15 is 0 Å². The van der Waals surface area contributed by atoms with Crippen LogP contribution in [0.15, 0.2) is 29.7 Å². The zero-order chi connectivity index (χ0) is 16.6. The summed E-state index contributed by atoms with van der Waals surface area (Å²) in [4.78, 5) is 19.7. The summed E-state index contributed by atoms with van der Waals surface area (Å²) in [5, 5.41) is 33.3. The third-order valence-electron chi connectivity index (χ3n) is 3.65. The molecule has 2 aromatic rings. The average Bonchev–Trinajstić information content (AvgIpc) is 3.17. The Bertz CT molecular complexity index is 798. The normalized spacial score (nSPS) is 30.3. The number of nitrogens with zero attached hydrogens (tertiary/aromatic N) is 5. The van der Waals surface area contributed by atoms with E-state index in [9.17, 15) is 20.1 Å². The first-order valence-electron chi connectivity index (χ1n) is 6.59. The molecule has 3 N–H and O–H groups in total. The van der Waals surface area contributed by atoms with Gasteiger partial charge < -0.3 is 20.1 Å². The molecule has 10 heteroatoms. The minimum absolute atomic E-state index is 0.224. The Morgan fingerprint density at radius 1 is 1.48 bits per heavy atom. The van der Waals surface area contributed by atoms with Gasteiger partial charge in [0, 0.05) is 6.20 Å². The fourth-order valence-corrected chi connectivity index (χ4v) is 2.36. The molecule has 0 aliphatic carbocycles. The van der Waals surface area contributed by atoms with Crippen molar-refractivity contribution in [1.29, 1.82) is 0 Å². The minimum Gasteiger partial charge on any atom is -0.392 e. The van der Waals surface area contributed by atoms with Gasteiger partial charge in [0.15, 0.2) is 17.6 Å². The molecule has 23 heavy (non-hydrogen) atoms. The summed E-state index contributed by atoms with van der Waals surface area (Å²) in [5.74, 6) is 2.34. The van der Waals surface area contributed by atoms with Crippen molar-refractivity contribution in [2.45, 2.75) is 24.0 Å². The lowest BCUT2D eigenvalue weighted by Crippen LogP contribution is -2.45. The quantitative estimate of drug-likeness (QED) is 0.526. The summed E-state index contributed by atoms with van der Waals surface area (Å²) in [5.41, 5.74) is -2.53. The number of aliphatic hydroxyl groups excluding tert-OH is 3. The van der Waals surface area contributed by atoms with E-state index < -0.39 is 36.3 Å². The summed E-state index contributed by atoms with van der Waals surface area (Å²) in [6.45, 7) is -0.711. The third kappa shape index (κ3) is 2.32. The van der Waals surface area contributed by atoms with Crippen LogP contribution in [0.5, 0.6) is 0 Å². The standard InChI is InChI=1S/C13H13N5O5/c1-2-13(5-19)10(21)9(20)11(23-13)17-4-3-8(16-12(17)22)18-7-14-6-15-18/h1,3-4,6-7,9-11,19-21H,5H2/t9?,10?,11-,13-/m1/s1. The fourth-order valence-electron chi connectivity index (χ4n) is 2.36. The third-order valence-corrected chi connectivity index (χ3v) is 3.65. The van der Waals surface area contributed by atoms with E-state index in [1.54, 1.807) is 0 Å². The molecule has 1 fully saturated rings. The second-order valence-corrected chi connectivity index (χ2v) is 4.95. The first-order valence-corrected chi connectivity index (χ1v) is 6.59. The maximum absolute atomic E-state index is 12.2. The molecular weight excluding hydrogens is 306 g/mol. The van der Waals surface area contributed by atoms with Gasteiger partial charge in [-0.2, -0.15) is 10.1 Å². The van der Waals surface area contributed by atoms with Crippen molar-refractivity contribution in [3.8, 4) is 18.2 Å². The van der Waals surface area contributed by atoms with E-state index in [4.69, 9.17) is 11.2 Å². The van der Waals surface area contributed by atoms with Crippen LogP contribution >= 0.6 is 0 Å². The average molecular weight is 319 g/mol. The zero-order valence-corrected chi connectivity index (χ0v) is 11.7. The summed E-state index contributed by atoms with van der Waals surface area (Å²) in [6.07, 6.45) is 4.91. The van der Waals surface area contributed by atoms with Crippen LogP contribution in [0.1, 0.15) is 6.23 Å². The van der Waals surface area contributed by atoms with Gasteiger partial charge in [0.2, 0.25) is 0 Å². The minimum atomic E-state index is -1.78. The Labute approximate surface area is 129 Å². The van der Waals surface area contributed by atoms with Gasteiger partial charge in [-0.3, -0.25) is 4.57 Å². The monoisotopic (exact) mass is 319 g/mol. The molecule has 0 radical (unpaired) electrons. The number of aromatic nitrogens is 5. The molecule has 2 aromatic heterocycles. The second kappa shape index (κ2) is 5.56. The number of terminal acetylenes is 1. The lowest BCUT2D eigenvalue weighted by atomic mass is 9.97. The van der Waals surface area contributed by atoms with Crippen molar-refractivity contribution in [3.63, 3.8) is 0 Å². The number of rotatable bonds is 3. The van der Waals surface area contributed by atoms with Gasteiger partial charge >= 0.3 is 5.69 Å². The van der Waals surface area contributed by atoms with Gasteiger partial charge in [0.1, 0.15) is 24.9 Å². The molecule has 3 heterocycles. The van der Waals surface area contributed by atoms with E-state index in [0.29, 0.717) is 0 Å². The van der Waals surface area contributed by atoms with E-state index in [2.05, 4.69) is 21.0 Å². The largest absolute Gasteiger partial charge is 0.392 e. The van der Waals surface area contributed by atoms with Crippen LogP contribution in [0.4, 0.5) is 0 Å². The van der Waals surface area contributed by atoms with Crippen LogP contribution in [0.25, 0.3) is 5.82 Å². The molecular formula is C13H13N5O5. The van der Waals surface area contributed by atoms with Gasteiger partial charge in [-0.25, -0.2) is 14.5 Å². The Hall–Kier alpha value is -2.58. The number of hydrogen-bond donors (Lipinski definition) is 3. The van der Waals surface area contributed by atoms with Crippen molar-refractivity contribution < 1.29 is 20.1 Å². The van der Waals surface area contributed by atoms with Gasteiger partial charge in [-0.05, 0) is 6.07 Å². The molecule has 4 atom stereocenters. The van der Waals surface area contributed by atoms with Crippen LogP contribution in [-0.4, -0.2) is 64.1 Å². The van der Waals surface area contributed by atoms with Gasteiger partial charge in [0.25, 0.3) is 0 Å². The van der Waals surface area contributed by atoms with E-state index in [-0.39, 0.29) is 5.82 Å². The van der Waals surface area contributed by atoms with Crippen LogP contribution in [0.3, 0.4) is 0 Å². The second-order valence-electron chi connectivity index (χ2n) is 4.95. The molecule has 0 spiro atoms. The van der Waals surface area contributed by atoms with Gasteiger partial charge in [0.05, 0.1) is 6.61 Å². The van der Waals surface area contributed by atoms with Crippen molar-refractivity contribution in [1.82, 2.24) is 24.3 Å².